The van der Waals surface area contributed by atoms with Crippen molar-refractivity contribution in [3.63, 3.8) is 0 Å². The molecule has 1 aromatic carbocycles. The first-order valence-electron chi connectivity index (χ1n) is 8.13. The van der Waals surface area contributed by atoms with Crippen LogP contribution in [0, 0.1) is 12.8 Å². The minimum Gasteiger partial charge on any atom is -0.496 e. The van der Waals surface area contributed by atoms with Crippen molar-refractivity contribution in [2.45, 2.75) is 19.4 Å². The second-order valence-electron chi connectivity index (χ2n) is 6.22. The molecule has 2 atom stereocenters. The summed E-state index contributed by atoms with van der Waals surface area (Å²) in [4.78, 5) is 25.9. The highest BCUT2D eigenvalue weighted by atomic mass is 16.5. The van der Waals surface area contributed by atoms with Gasteiger partial charge in [-0.3, -0.25) is 14.3 Å². The molecule has 1 amide bonds. The van der Waals surface area contributed by atoms with Crippen LogP contribution in [0.2, 0.25) is 0 Å². The van der Waals surface area contributed by atoms with Gasteiger partial charge in [0.1, 0.15) is 12.3 Å². The maximum Gasteiger partial charge on any atom is 0.308 e. The highest BCUT2D eigenvalue weighted by molar-refractivity contribution is 5.79. The number of carboxylic acids is 1. The van der Waals surface area contributed by atoms with E-state index in [0.717, 1.165) is 11.3 Å². The molecular formula is C18H21N3O4. The van der Waals surface area contributed by atoms with Gasteiger partial charge in [0, 0.05) is 30.9 Å². The maximum atomic E-state index is 12.6. The van der Waals surface area contributed by atoms with Gasteiger partial charge < -0.3 is 14.7 Å². The largest absolute Gasteiger partial charge is 0.496 e. The predicted molar refractivity (Wildman–Crippen MR) is 90.4 cm³/mol. The van der Waals surface area contributed by atoms with Gasteiger partial charge in [0.05, 0.1) is 13.0 Å². The molecule has 0 unspecified atom stereocenters. The molecule has 132 valence electrons. The van der Waals surface area contributed by atoms with Gasteiger partial charge in [0.15, 0.2) is 0 Å². The van der Waals surface area contributed by atoms with E-state index in [1.165, 1.54) is 0 Å². The van der Waals surface area contributed by atoms with Crippen molar-refractivity contribution < 1.29 is 19.4 Å². The van der Waals surface area contributed by atoms with Crippen LogP contribution in [0.5, 0.6) is 5.75 Å². The Balaban J connectivity index is 1.82. The molecule has 1 aliphatic rings. The summed E-state index contributed by atoms with van der Waals surface area (Å²) < 4.78 is 6.99. The summed E-state index contributed by atoms with van der Waals surface area (Å²) in [5.41, 5.74) is 1.71. The lowest BCUT2D eigenvalue weighted by atomic mass is 9.88. The fraction of sp³-hybridized carbons (Fsp3) is 0.389. The van der Waals surface area contributed by atoms with Crippen LogP contribution in [0.25, 0.3) is 0 Å². The number of nitrogens with zero attached hydrogens (tertiary/aromatic N) is 3. The Morgan fingerprint density at radius 3 is 2.68 bits per heavy atom. The molecule has 25 heavy (non-hydrogen) atoms. The molecular weight excluding hydrogens is 322 g/mol. The number of hydrogen-bond acceptors (Lipinski definition) is 4. The number of aromatic nitrogens is 2. The molecule has 3 rings (SSSR count). The number of ether oxygens (including phenoxy) is 1. The van der Waals surface area contributed by atoms with E-state index < -0.39 is 11.9 Å². The van der Waals surface area contributed by atoms with Gasteiger partial charge in [-0.25, -0.2) is 0 Å². The summed E-state index contributed by atoms with van der Waals surface area (Å²) in [5.74, 6) is -1.33. The standard InChI is InChI=1S/C18H21N3O4/c1-12-7-8-19-21(12)11-17(22)20-9-14(15(10-20)18(23)24)13-5-3-4-6-16(13)25-2/h3-8,14-15H,9-11H2,1-2H3,(H,23,24)/t14-,15+/m0/s1. The van der Waals surface area contributed by atoms with Crippen LogP contribution in [-0.2, 0) is 16.1 Å². The summed E-state index contributed by atoms with van der Waals surface area (Å²) in [6.07, 6.45) is 1.64. The smallest absolute Gasteiger partial charge is 0.308 e. The number of methoxy groups -OCH3 is 1. The van der Waals surface area contributed by atoms with Gasteiger partial charge in [-0.2, -0.15) is 5.10 Å². The number of benzene rings is 1. The molecule has 0 bridgehead atoms. The van der Waals surface area contributed by atoms with Crippen LogP contribution in [-0.4, -0.2) is 51.9 Å². The number of aliphatic carboxylic acids is 1. The molecule has 0 aliphatic carbocycles. The number of para-hydroxylation sites is 1. The topological polar surface area (TPSA) is 84.7 Å². The first-order valence-corrected chi connectivity index (χ1v) is 8.13. The number of carboxylic acid groups (broad SMARTS) is 1. The van der Waals surface area contributed by atoms with Crippen LogP contribution in [0.1, 0.15) is 17.2 Å². The summed E-state index contributed by atoms with van der Waals surface area (Å²) >= 11 is 0. The SMILES string of the molecule is COc1ccccc1[C@@H]1CN(C(=O)Cn2nccc2C)C[C@H]1C(=O)O. The average Bonchev–Trinajstić information content (AvgIpc) is 3.22. The quantitative estimate of drug-likeness (QED) is 0.890. The molecule has 0 spiro atoms. The number of aryl methyl sites for hydroxylation is 1. The molecule has 1 N–H and O–H groups in total. The average molecular weight is 343 g/mol. The van der Waals surface area contributed by atoms with Gasteiger partial charge in [-0.15, -0.1) is 0 Å². The van der Waals surface area contributed by atoms with Crippen LogP contribution in [0.3, 0.4) is 0 Å². The third-order valence-electron chi connectivity index (χ3n) is 4.74. The van der Waals surface area contributed by atoms with Gasteiger partial charge in [0.2, 0.25) is 5.91 Å². The van der Waals surface area contributed by atoms with Gasteiger partial charge in [-0.05, 0) is 24.6 Å². The molecule has 2 aromatic rings. The summed E-state index contributed by atoms with van der Waals surface area (Å²) in [5, 5.41) is 13.7. The monoisotopic (exact) mass is 343 g/mol. The van der Waals surface area contributed by atoms with E-state index in [9.17, 15) is 14.7 Å². The number of rotatable bonds is 5. The number of amides is 1. The van der Waals surface area contributed by atoms with Gasteiger partial charge in [0.25, 0.3) is 0 Å². The molecule has 1 saturated heterocycles. The van der Waals surface area contributed by atoms with Gasteiger partial charge in [-0.1, -0.05) is 18.2 Å². The fourth-order valence-electron chi connectivity index (χ4n) is 3.34. The molecule has 0 saturated carbocycles. The third-order valence-corrected chi connectivity index (χ3v) is 4.74. The first-order chi connectivity index (χ1) is 12.0. The Morgan fingerprint density at radius 2 is 2.04 bits per heavy atom. The minimum absolute atomic E-state index is 0.115. The van der Waals surface area contributed by atoms with Crippen LogP contribution < -0.4 is 4.74 Å². The zero-order chi connectivity index (χ0) is 18.0. The molecule has 1 aliphatic heterocycles. The second-order valence-corrected chi connectivity index (χ2v) is 6.22. The van der Waals surface area contributed by atoms with E-state index in [-0.39, 0.29) is 24.9 Å². The number of hydrogen-bond donors (Lipinski definition) is 1. The Kier molecular flexibility index (Phi) is 4.74. The van der Waals surface area contributed by atoms with E-state index >= 15 is 0 Å². The lowest BCUT2D eigenvalue weighted by Gasteiger charge is -2.18. The summed E-state index contributed by atoms with van der Waals surface area (Å²) in [7, 11) is 1.56. The van der Waals surface area contributed by atoms with Crippen molar-refractivity contribution >= 4 is 11.9 Å². The Labute approximate surface area is 145 Å². The van der Waals surface area contributed by atoms with Crippen molar-refractivity contribution in [2.24, 2.45) is 5.92 Å². The number of likely N-dealkylation sites (tertiary alicyclic amines) is 1. The highest BCUT2D eigenvalue weighted by Crippen LogP contribution is 2.37. The number of carbonyl (C=O) groups is 2. The Bertz CT molecular complexity index is 786. The van der Waals surface area contributed by atoms with E-state index in [4.69, 9.17) is 4.74 Å². The van der Waals surface area contributed by atoms with Crippen molar-refractivity contribution in [1.82, 2.24) is 14.7 Å². The van der Waals surface area contributed by atoms with Crippen molar-refractivity contribution in [2.75, 3.05) is 20.2 Å². The zero-order valence-electron chi connectivity index (χ0n) is 14.3. The van der Waals surface area contributed by atoms with Crippen molar-refractivity contribution in [3.05, 3.63) is 47.8 Å². The van der Waals surface area contributed by atoms with E-state index in [0.29, 0.717) is 12.3 Å². The lowest BCUT2D eigenvalue weighted by molar-refractivity contribution is -0.141. The molecule has 1 aromatic heterocycles. The van der Waals surface area contributed by atoms with E-state index in [1.54, 1.807) is 22.9 Å². The summed E-state index contributed by atoms with van der Waals surface area (Å²) in [6, 6.07) is 9.21. The van der Waals surface area contributed by atoms with Crippen LogP contribution in [0.4, 0.5) is 0 Å². The zero-order valence-corrected chi connectivity index (χ0v) is 14.3. The Morgan fingerprint density at radius 1 is 1.28 bits per heavy atom. The molecule has 7 heteroatoms. The lowest BCUT2D eigenvalue weighted by Crippen LogP contribution is -2.33. The first kappa shape index (κ1) is 17.0. The second kappa shape index (κ2) is 6.96. The van der Waals surface area contributed by atoms with Gasteiger partial charge >= 0.3 is 5.97 Å². The molecule has 7 nitrogen and oxygen atoms in total. The molecule has 2 heterocycles. The Hall–Kier alpha value is -2.83. The minimum atomic E-state index is -0.901. The fourth-order valence-corrected chi connectivity index (χ4v) is 3.34. The maximum absolute atomic E-state index is 12.6. The third kappa shape index (κ3) is 3.35. The normalized spacial score (nSPS) is 19.8. The van der Waals surface area contributed by atoms with E-state index in [1.807, 2.05) is 37.3 Å². The summed E-state index contributed by atoms with van der Waals surface area (Å²) in [6.45, 7) is 2.54. The van der Waals surface area contributed by atoms with E-state index in [2.05, 4.69) is 5.10 Å². The molecule has 0 radical (unpaired) electrons. The molecule has 1 fully saturated rings. The highest BCUT2D eigenvalue weighted by Gasteiger charge is 2.41. The van der Waals surface area contributed by atoms with Crippen molar-refractivity contribution in [3.8, 4) is 5.75 Å². The van der Waals surface area contributed by atoms with Crippen LogP contribution >= 0.6 is 0 Å². The van der Waals surface area contributed by atoms with Crippen LogP contribution in [0.15, 0.2) is 36.5 Å². The number of carbonyl (C=O) groups excluding carboxylic acids is 1. The predicted octanol–water partition coefficient (Wildman–Crippen LogP) is 1.53. The van der Waals surface area contributed by atoms with Crippen molar-refractivity contribution in [1.29, 1.82) is 0 Å².